The van der Waals surface area contributed by atoms with Crippen molar-refractivity contribution in [1.82, 2.24) is 15.1 Å². The first kappa shape index (κ1) is 27.6. The molecule has 3 aliphatic rings. The molecule has 0 radical (unpaired) electrons. The van der Waals surface area contributed by atoms with Gasteiger partial charge in [0.15, 0.2) is 5.78 Å². The molecule has 3 atom stereocenters. The standard InChI is InChI=1S/C30H36N4O6/c1-20(2)18-24(31-28(36)21-8-10-22(11-9-21)32-14-16-39-17-15-32)29(37)33-13-12-25-27(33)26(35)19-34(25)30(38)40-23-6-4-3-5-7-23/h3-11,20,24-25,27H,12-19H2,1-2H3,(H,31,36). The molecule has 2 aromatic carbocycles. The monoisotopic (exact) mass is 548 g/mol. The predicted molar refractivity (Wildman–Crippen MR) is 148 cm³/mol. The lowest BCUT2D eigenvalue weighted by Crippen LogP contribution is -2.53. The molecular weight excluding hydrogens is 512 g/mol. The van der Waals surface area contributed by atoms with E-state index in [0.717, 1.165) is 18.8 Å². The Morgan fingerprint density at radius 2 is 1.68 bits per heavy atom. The highest BCUT2D eigenvalue weighted by atomic mass is 16.6. The molecule has 0 aliphatic carbocycles. The van der Waals surface area contributed by atoms with Gasteiger partial charge < -0.3 is 24.6 Å². The molecule has 0 saturated carbocycles. The molecule has 3 fully saturated rings. The summed E-state index contributed by atoms with van der Waals surface area (Å²) in [6, 6.07) is 14.1. The van der Waals surface area contributed by atoms with Gasteiger partial charge in [0.25, 0.3) is 5.91 Å². The lowest BCUT2D eigenvalue weighted by Gasteiger charge is -2.29. The van der Waals surface area contributed by atoms with Gasteiger partial charge in [0.1, 0.15) is 17.8 Å². The number of fused-ring (bicyclic) bond motifs is 1. The zero-order valence-corrected chi connectivity index (χ0v) is 23.0. The van der Waals surface area contributed by atoms with Crippen molar-refractivity contribution >= 4 is 29.4 Å². The highest BCUT2D eigenvalue weighted by molar-refractivity contribution is 6.00. The fraction of sp³-hybridized carbons (Fsp3) is 0.467. The number of likely N-dealkylation sites (tertiary alicyclic amines) is 2. The molecule has 5 rings (SSSR count). The Bertz CT molecular complexity index is 1230. The van der Waals surface area contributed by atoms with Crippen molar-refractivity contribution < 1.29 is 28.7 Å². The molecule has 212 valence electrons. The van der Waals surface area contributed by atoms with E-state index < -0.39 is 24.2 Å². The van der Waals surface area contributed by atoms with Crippen LogP contribution in [0.15, 0.2) is 54.6 Å². The average Bonchev–Trinajstić information content (AvgIpc) is 3.54. The Balaban J connectivity index is 1.25. The summed E-state index contributed by atoms with van der Waals surface area (Å²) in [5.41, 5.74) is 1.48. The molecule has 0 spiro atoms. The molecule has 3 amide bonds. The van der Waals surface area contributed by atoms with Crippen LogP contribution in [0.4, 0.5) is 10.5 Å². The summed E-state index contributed by atoms with van der Waals surface area (Å²) < 4.78 is 10.9. The van der Waals surface area contributed by atoms with Gasteiger partial charge >= 0.3 is 6.09 Å². The van der Waals surface area contributed by atoms with Gasteiger partial charge in [-0.25, -0.2) is 4.79 Å². The molecule has 3 unspecified atom stereocenters. The van der Waals surface area contributed by atoms with E-state index in [1.54, 1.807) is 36.4 Å². The van der Waals surface area contributed by atoms with Gasteiger partial charge in [0, 0.05) is 30.9 Å². The summed E-state index contributed by atoms with van der Waals surface area (Å²) in [6.45, 7) is 7.14. The Hall–Kier alpha value is -3.92. The van der Waals surface area contributed by atoms with Crippen LogP contribution in [-0.4, -0.2) is 91.0 Å². The number of para-hydroxylation sites is 1. The number of Topliss-reactive ketones (excluding diaryl/α,β-unsaturated/α-hetero) is 1. The molecule has 1 N–H and O–H groups in total. The molecular formula is C30H36N4O6. The third-order valence-corrected chi connectivity index (χ3v) is 7.70. The average molecular weight is 549 g/mol. The Labute approximate surface area is 234 Å². The number of benzene rings is 2. The van der Waals surface area contributed by atoms with Crippen LogP contribution in [0.2, 0.25) is 0 Å². The van der Waals surface area contributed by atoms with E-state index in [9.17, 15) is 19.2 Å². The van der Waals surface area contributed by atoms with Crippen molar-refractivity contribution in [3.8, 4) is 5.75 Å². The summed E-state index contributed by atoms with van der Waals surface area (Å²) in [7, 11) is 0. The van der Waals surface area contributed by atoms with Crippen molar-refractivity contribution in [2.75, 3.05) is 44.3 Å². The number of nitrogens with one attached hydrogen (secondary N) is 1. The van der Waals surface area contributed by atoms with Crippen LogP contribution < -0.4 is 15.0 Å². The zero-order valence-electron chi connectivity index (χ0n) is 23.0. The molecule has 10 nitrogen and oxygen atoms in total. The summed E-state index contributed by atoms with van der Waals surface area (Å²) in [5, 5.41) is 2.92. The molecule has 3 saturated heterocycles. The van der Waals surface area contributed by atoms with Gasteiger partial charge in [-0.1, -0.05) is 32.0 Å². The van der Waals surface area contributed by atoms with Gasteiger partial charge in [0.2, 0.25) is 5.91 Å². The fourth-order valence-corrected chi connectivity index (χ4v) is 5.74. The summed E-state index contributed by atoms with van der Waals surface area (Å²) in [6.07, 6.45) is 0.296. The molecule has 0 bridgehead atoms. The first-order chi connectivity index (χ1) is 19.3. The van der Waals surface area contributed by atoms with Crippen LogP contribution in [0.5, 0.6) is 5.75 Å². The molecule has 3 heterocycles. The number of nitrogens with zero attached hydrogens (tertiary/aromatic N) is 3. The van der Waals surface area contributed by atoms with E-state index in [0.29, 0.717) is 43.9 Å². The van der Waals surface area contributed by atoms with E-state index in [2.05, 4.69) is 10.2 Å². The van der Waals surface area contributed by atoms with Crippen LogP contribution in [0.3, 0.4) is 0 Å². The third-order valence-electron chi connectivity index (χ3n) is 7.70. The maximum Gasteiger partial charge on any atom is 0.415 e. The van der Waals surface area contributed by atoms with Gasteiger partial charge in [0.05, 0.1) is 25.8 Å². The Kier molecular flexibility index (Phi) is 8.35. The van der Waals surface area contributed by atoms with Gasteiger partial charge in [-0.15, -0.1) is 0 Å². The van der Waals surface area contributed by atoms with Crippen LogP contribution in [0, 0.1) is 5.92 Å². The maximum absolute atomic E-state index is 13.8. The van der Waals surface area contributed by atoms with Crippen molar-refractivity contribution in [2.24, 2.45) is 5.92 Å². The van der Waals surface area contributed by atoms with Crippen LogP contribution in [-0.2, 0) is 14.3 Å². The number of hydrogen-bond donors (Lipinski definition) is 1. The van der Waals surface area contributed by atoms with E-state index in [4.69, 9.17) is 9.47 Å². The zero-order chi connectivity index (χ0) is 28.2. The van der Waals surface area contributed by atoms with Crippen molar-refractivity contribution in [3.63, 3.8) is 0 Å². The lowest BCUT2D eigenvalue weighted by atomic mass is 10.0. The Morgan fingerprint density at radius 3 is 2.35 bits per heavy atom. The summed E-state index contributed by atoms with van der Waals surface area (Å²) in [5.74, 6) is -0.311. The Morgan fingerprint density at radius 1 is 0.975 bits per heavy atom. The second-order valence-electron chi connectivity index (χ2n) is 10.9. The number of rotatable bonds is 7. The van der Waals surface area contributed by atoms with Gasteiger partial charge in [-0.2, -0.15) is 0 Å². The first-order valence-corrected chi connectivity index (χ1v) is 13.9. The minimum Gasteiger partial charge on any atom is -0.410 e. The van der Waals surface area contributed by atoms with Crippen LogP contribution >= 0.6 is 0 Å². The van der Waals surface area contributed by atoms with Crippen LogP contribution in [0.1, 0.15) is 37.0 Å². The molecule has 2 aromatic rings. The number of carbonyl (C=O) groups excluding carboxylic acids is 4. The highest BCUT2D eigenvalue weighted by Gasteiger charge is 2.52. The predicted octanol–water partition coefficient (Wildman–Crippen LogP) is 2.72. The number of anilines is 1. The fourth-order valence-electron chi connectivity index (χ4n) is 5.74. The highest BCUT2D eigenvalue weighted by Crippen LogP contribution is 2.31. The van der Waals surface area contributed by atoms with Crippen molar-refractivity contribution in [3.05, 3.63) is 60.2 Å². The number of ketones is 1. The smallest absolute Gasteiger partial charge is 0.410 e. The molecule has 10 heteroatoms. The maximum atomic E-state index is 13.8. The normalized spacial score (nSPS) is 21.4. The van der Waals surface area contributed by atoms with Crippen molar-refractivity contribution in [2.45, 2.75) is 44.8 Å². The number of carbonyl (C=O) groups is 4. The summed E-state index contributed by atoms with van der Waals surface area (Å²) >= 11 is 0. The van der Waals surface area contributed by atoms with E-state index in [1.165, 1.54) is 9.80 Å². The van der Waals surface area contributed by atoms with Gasteiger partial charge in [-0.3, -0.25) is 19.3 Å². The number of morpholine rings is 1. The van der Waals surface area contributed by atoms with E-state index in [1.807, 2.05) is 32.0 Å². The second-order valence-corrected chi connectivity index (χ2v) is 10.9. The number of amides is 3. The topological polar surface area (TPSA) is 108 Å². The molecule has 0 aromatic heterocycles. The molecule has 3 aliphatic heterocycles. The lowest BCUT2D eigenvalue weighted by molar-refractivity contribution is -0.138. The van der Waals surface area contributed by atoms with Gasteiger partial charge in [-0.05, 0) is 55.2 Å². The summed E-state index contributed by atoms with van der Waals surface area (Å²) in [4.78, 5) is 58.0. The minimum absolute atomic E-state index is 0.110. The third kappa shape index (κ3) is 5.96. The molecule has 40 heavy (non-hydrogen) atoms. The van der Waals surface area contributed by atoms with E-state index >= 15 is 0 Å². The van der Waals surface area contributed by atoms with Crippen LogP contribution in [0.25, 0.3) is 0 Å². The second kappa shape index (κ2) is 12.1. The SMILES string of the molecule is CC(C)CC(NC(=O)c1ccc(N2CCOCC2)cc1)C(=O)N1CCC2C1C(=O)CN2C(=O)Oc1ccccc1. The first-order valence-electron chi connectivity index (χ1n) is 13.9. The number of ether oxygens (including phenoxy) is 2. The van der Waals surface area contributed by atoms with Crippen molar-refractivity contribution in [1.29, 1.82) is 0 Å². The minimum atomic E-state index is -0.789. The quantitative estimate of drug-likeness (QED) is 0.567. The van der Waals surface area contributed by atoms with E-state index in [-0.39, 0.29) is 30.1 Å². The largest absolute Gasteiger partial charge is 0.415 e. The number of hydrogen-bond acceptors (Lipinski definition) is 7.